The zero-order chi connectivity index (χ0) is 13.1. The Balaban J connectivity index is 4.77. The Labute approximate surface area is 106 Å². The number of allylic oxidation sites excluding steroid dienone is 7. The lowest BCUT2D eigenvalue weighted by Gasteiger charge is -2.17. The summed E-state index contributed by atoms with van der Waals surface area (Å²) in [5.74, 6) is 0.359. The van der Waals surface area contributed by atoms with Gasteiger partial charge in [-0.3, -0.25) is 0 Å². The maximum absolute atomic E-state index is 4.15. The Morgan fingerprint density at radius 3 is 2.35 bits per heavy atom. The Morgan fingerprint density at radius 2 is 1.82 bits per heavy atom. The molecule has 0 saturated carbocycles. The van der Waals surface area contributed by atoms with Gasteiger partial charge in [0, 0.05) is 12.5 Å². The molecular weight excluding hydrogens is 206 g/mol. The van der Waals surface area contributed by atoms with Crippen LogP contribution in [0.2, 0.25) is 0 Å². The molecule has 0 bridgehead atoms. The third-order valence-corrected chi connectivity index (χ3v) is 2.57. The summed E-state index contributed by atoms with van der Waals surface area (Å²) in [4.78, 5) is 0. The minimum Gasteiger partial charge on any atom is -0.319 e. The Kier molecular flexibility index (Phi) is 9.08. The molecule has 17 heavy (non-hydrogen) atoms. The van der Waals surface area contributed by atoms with E-state index in [4.69, 9.17) is 0 Å². The second-order valence-corrected chi connectivity index (χ2v) is 4.01. The van der Waals surface area contributed by atoms with Gasteiger partial charge in [-0.05, 0) is 33.4 Å². The van der Waals surface area contributed by atoms with Gasteiger partial charge in [-0.1, -0.05) is 54.7 Å². The molecule has 0 heterocycles. The summed E-state index contributed by atoms with van der Waals surface area (Å²) < 4.78 is 0. The normalized spacial score (nSPS) is 15.2. The highest BCUT2D eigenvalue weighted by molar-refractivity contribution is 5.30. The van der Waals surface area contributed by atoms with Gasteiger partial charge in [0.05, 0.1) is 0 Å². The van der Waals surface area contributed by atoms with Crippen molar-refractivity contribution >= 4 is 0 Å². The largest absolute Gasteiger partial charge is 0.319 e. The number of hydrogen-bond acceptors (Lipinski definition) is 1. The SMILES string of the molecule is C=C(/C=C\C=C/C)C(CNC)/C(C)=C/C=C\C. The quantitative estimate of drug-likeness (QED) is 0.652. The summed E-state index contributed by atoms with van der Waals surface area (Å²) in [6, 6.07) is 0. The molecule has 1 N–H and O–H groups in total. The van der Waals surface area contributed by atoms with Crippen LogP contribution in [-0.2, 0) is 0 Å². The van der Waals surface area contributed by atoms with Crippen LogP contribution in [0.25, 0.3) is 0 Å². The van der Waals surface area contributed by atoms with Crippen molar-refractivity contribution in [3.8, 4) is 0 Å². The first-order valence-electron chi connectivity index (χ1n) is 6.09. The van der Waals surface area contributed by atoms with E-state index in [-0.39, 0.29) is 0 Å². The monoisotopic (exact) mass is 231 g/mol. The van der Waals surface area contributed by atoms with Gasteiger partial charge in [0.15, 0.2) is 0 Å². The molecule has 94 valence electrons. The molecule has 0 rings (SSSR count). The fourth-order valence-corrected chi connectivity index (χ4v) is 1.56. The van der Waals surface area contributed by atoms with Gasteiger partial charge in [0.1, 0.15) is 0 Å². The Morgan fingerprint density at radius 1 is 1.18 bits per heavy atom. The number of hydrogen-bond donors (Lipinski definition) is 1. The molecule has 0 fully saturated rings. The zero-order valence-electron chi connectivity index (χ0n) is 11.5. The van der Waals surface area contributed by atoms with Crippen LogP contribution < -0.4 is 5.32 Å². The van der Waals surface area contributed by atoms with Crippen LogP contribution in [0.5, 0.6) is 0 Å². The molecule has 0 aliphatic carbocycles. The standard InChI is InChI=1S/C16H25N/c1-6-8-10-12-15(4)16(13-17-5)14(3)11-9-7-2/h6-12,16-17H,4,13H2,1-3,5H3/b8-6-,9-7-,12-10-,14-11+. The zero-order valence-corrected chi connectivity index (χ0v) is 11.5. The lowest BCUT2D eigenvalue weighted by Crippen LogP contribution is -2.20. The molecule has 1 unspecified atom stereocenters. The van der Waals surface area contributed by atoms with Crippen molar-refractivity contribution in [3.05, 3.63) is 60.3 Å². The average Bonchev–Trinajstić information content (AvgIpc) is 2.33. The van der Waals surface area contributed by atoms with Gasteiger partial charge in [-0.15, -0.1) is 0 Å². The molecule has 0 amide bonds. The third kappa shape index (κ3) is 6.75. The summed E-state index contributed by atoms with van der Waals surface area (Å²) in [7, 11) is 1.97. The summed E-state index contributed by atoms with van der Waals surface area (Å²) in [6.45, 7) is 11.2. The molecule has 1 heteroatoms. The molecule has 0 spiro atoms. The van der Waals surface area contributed by atoms with Gasteiger partial charge in [0.25, 0.3) is 0 Å². The van der Waals surface area contributed by atoms with E-state index < -0.39 is 0 Å². The summed E-state index contributed by atoms with van der Waals surface area (Å²) in [5.41, 5.74) is 2.46. The fraction of sp³-hybridized carbons (Fsp3) is 0.375. The molecule has 0 aromatic rings. The van der Waals surface area contributed by atoms with Crippen molar-refractivity contribution in [1.82, 2.24) is 5.32 Å². The van der Waals surface area contributed by atoms with Crippen LogP contribution in [0, 0.1) is 5.92 Å². The van der Waals surface area contributed by atoms with Crippen molar-refractivity contribution in [3.63, 3.8) is 0 Å². The third-order valence-electron chi connectivity index (χ3n) is 2.57. The molecule has 0 aromatic carbocycles. The molecule has 1 nitrogen and oxygen atoms in total. The van der Waals surface area contributed by atoms with Crippen LogP contribution in [0.1, 0.15) is 20.8 Å². The van der Waals surface area contributed by atoms with E-state index in [1.165, 1.54) is 5.57 Å². The van der Waals surface area contributed by atoms with E-state index >= 15 is 0 Å². The van der Waals surface area contributed by atoms with Gasteiger partial charge in [-0.2, -0.15) is 0 Å². The fourth-order valence-electron chi connectivity index (χ4n) is 1.56. The molecule has 0 radical (unpaired) electrons. The van der Waals surface area contributed by atoms with E-state index in [9.17, 15) is 0 Å². The summed E-state index contributed by atoms with van der Waals surface area (Å²) in [5, 5.41) is 3.22. The van der Waals surface area contributed by atoms with E-state index in [1.807, 2.05) is 45.2 Å². The highest BCUT2D eigenvalue weighted by atomic mass is 14.8. The topological polar surface area (TPSA) is 12.0 Å². The molecule has 0 aliphatic rings. The van der Waals surface area contributed by atoms with Gasteiger partial charge >= 0.3 is 0 Å². The molecule has 1 atom stereocenters. The van der Waals surface area contributed by atoms with E-state index in [0.717, 1.165) is 12.1 Å². The highest BCUT2D eigenvalue weighted by Crippen LogP contribution is 2.19. The average molecular weight is 231 g/mol. The molecule has 0 aliphatic heterocycles. The first-order valence-corrected chi connectivity index (χ1v) is 6.09. The maximum Gasteiger partial charge on any atom is 0.0168 e. The minimum atomic E-state index is 0.359. The predicted octanol–water partition coefficient (Wildman–Crippen LogP) is 4.03. The smallest absolute Gasteiger partial charge is 0.0168 e. The summed E-state index contributed by atoms with van der Waals surface area (Å²) >= 11 is 0. The minimum absolute atomic E-state index is 0.359. The number of nitrogens with one attached hydrogen (secondary N) is 1. The van der Waals surface area contributed by atoms with Gasteiger partial charge in [-0.25, -0.2) is 0 Å². The van der Waals surface area contributed by atoms with E-state index in [0.29, 0.717) is 5.92 Å². The second-order valence-electron chi connectivity index (χ2n) is 4.01. The van der Waals surface area contributed by atoms with Crippen LogP contribution in [0.3, 0.4) is 0 Å². The Hall–Kier alpha value is -1.34. The predicted molar refractivity (Wildman–Crippen MR) is 79.1 cm³/mol. The molecular formula is C16H25N. The van der Waals surface area contributed by atoms with Crippen LogP contribution >= 0.6 is 0 Å². The maximum atomic E-state index is 4.15. The molecule has 0 saturated heterocycles. The Bertz CT molecular complexity index is 329. The van der Waals surface area contributed by atoms with E-state index in [2.05, 4.69) is 37.0 Å². The van der Waals surface area contributed by atoms with Crippen molar-refractivity contribution in [2.45, 2.75) is 20.8 Å². The molecule has 0 aromatic heterocycles. The van der Waals surface area contributed by atoms with Gasteiger partial charge in [0.2, 0.25) is 0 Å². The van der Waals surface area contributed by atoms with Crippen molar-refractivity contribution < 1.29 is 0 Å². The van der Waals surface area contributed by atoms with Crippen molar-refractivity contribution in [2.75, 3.05) is 13.6 Å². The van der Waals surface area contributed by atoms with Gasteiger partial charge < -0.3 is 5.32 Å². The first kappa shape index (κ1) is 15.7. The van der Waals surface area contributed by atoms with Crippen molar-refractivity contribution in [1.29, 1.82) is 0 Å². The lowest BCUT2D eigenvalue weighted by atomic mass is 9.92. The second kappa shape index (κ2) is 9.86. The van der Waals surface area contributed by atoms with Crippen molar-refractivity contribution in [2.24, 2.45) is 5.92 Å². The van der Waals surface area contributed by atoms with Crippen LogP contribution in [-0.4, -0.2) is 13.6 Å². The first-order chi connectivity index (χ1) is 8.17. The summed E-state index contributed by atoms with van der Waals surface area (Å²) in [6.07, 6.45) is 14.4. The van der Waals surface area contributed by atoms with Crippen LogP contribution in [0.4, 0.5) is 0 Å². The highest BCUT2D eigenvalue weighted by Gasteiger charge is 2.10. The number of rotatable bonds is 7. The van der Waals surface area contributed by atoms with E-state index in [1.54, 1.807) is 0 Å². The van der Waals surface area contributed by atoms with Crippen LogP contribution in [0.15, 0.2) is 60.3 Å². The lowest BCUT2D eigenvalue weighted by molar-refractivity contribution is 0.654.